The van der Waals surface area contributed by atoms with E-state index in [4.69, 9.17) is 9.97 Å². The Bertz CT molecular complexity index is 1090. The molecule has 0 unspecified atom stereocenters. The third-order valence-corrected chi connectivity index (χ3v) is 5.11. The maximum absolute atomic E-state index is 5.01. The SMILES string of the molecule is C[C@@H]1CNCCN1c1ccc2nc(-c3ccccc3)n(-c3ccncn3)c2n1. The number of piperazine rings is 1. The number of hydrogen-bond acceptors (Lipinski definition) is 6. The first-order valence-corrected chi connectivity index (χ1v) is 9.50. The highest BCUT2D eigenvalue weighted by molar-refractivity contribution is 5.81. The molecule has 4 aromatic rings. The lowest BCUT2D eigenvalue weighted by molar-refractivity contribution is 0.497. The van der Waals surface area contributed by atoms with Gasteiger partial charge in [-0.3, -0.25) is 4.57 Å². The summed E-state index contributed by atoms with van der Waals surface area (Å²) in [6.45, 7) is 5.08. The van der Waals surface area contributed by atoms with Crippen molar-refractivity contribution in [2.45, 2.75) is 13.0 Å². The van der Waals surface area contributed by atoms with Crippen molar-refractivity contribution >= 4 is 17.0 Å². The van der Waals surface area contributed by atoms with Crippen LogP contribution in [0.2, 0.25) is 0 Å². The molecule has 7 heteroatoms. The van der Waals surface area contributed by atoms with Crippen LogP contribution in [-0.4, -0.2) is 50.2 Å². The van der Waals surface area contributed by atoms with Crippen LogP contribution in [0, 0.1) is 0 Å². The van der Waals surface area contributed by atoms with Gasteiger partial charge in [0.1, 0.15) is 29.3 Å². The molecule has 0 saturated carbocycles. The van der Waals surface area contributed by atoms with Crippen LogP contribution in [0.25, 0.3) is 28.4 Å². The van der Waals surface area contributed by atoms with E-state index >= 15 is 0 Å². The van der Waals surface area contributed by atoms with Gasteiger partial charge in [0.05, 0.1) is 0 Å². The largest absolute Gasteiger partial charge is 0.351 e. The molecule has 28 heavy (non-hydrogen) atoms. The quantitative estimate of drug-likeness (QED) is 0.597. The van der Waals surface area contributed by atoms with Crippen molar-refractivity contribution in [3.05, 3.63) is 61.1 Å². The van der Waals surface area contributed by atoms with E-state index in [1.165, 1.54) is 0 Å². The van der Waals surface area contributed by atoms with Crippen molar-refractivity contribution in [3.63, 3.8) is 0 Å². The van der Waals surface area contributed by atoms with E-state index in [2.05, 4.69) is 51.4 Å². The first-order chi connectivity index (χ1) is 13.8. The first-order valence-electron chi connectivity index (χ1n) is 9.50. The van der Waals surface area contributed by atoms with E-state index in [0.717, 1.165) is 53.8 Å². The van der Waals surface area contributed by atoms with Crippen LogP contribution < -0.4 is 10.2 Å². The van der Waals surface area contributed by atoms with Crippen molar-refractivity contribution in [2.24, 2.45) is 0 Å². The predicted molar refractivity (Wildman–Crippen MR) is 110 cm³/mol. The summed E-state index contributed by atoms with van der Waals surface area (Å²) in [4.78, 5) is 20.7. The molecule has 0 amide bonds. The topological polar surface area (TPSA) is 71.8 Å². The first kappa shape index (κ1) is 16.8. The van der Waals surface area contributed by atoms with Gasteiger partial charge in [-0.1, -0.05) is 30.3 Å². The van der Waals surface area contributed by atoms with E-state index in [1.54, 1.807) is 12.5 Å². The molecule has 0 bridgehead atoms. The van der Waals surface area contributed by atoms with Gasteiger partial charge in [-0.25, -0.2) is 19.9 Å². The van der Waals surface area contributed by atoms with Crippen molar-refractivity contribution in [1.82, 2.24) is 29.8 Å². The molecule has 1 aliphatic rings. The van der Waals surface area contributed by atoms with E-state index < -0.39 is 0 Å². The Kier molecular flexibility index (Phi) is 4.21. The molecule has 1 aliphatic heterocycles. The third-order valence-electron chi connectivity index (χ3n) is 5.11. The summed E-state index contributed by atoms with van der Waals surface area (Å²) in [7, 11) is 0. The van der Waals surface area contributed by atoms with E-state index in [-0.39, 0.29) is 0 Å². The Morgan fingerprint density at radius 2 is 1.89 bits per heavy atom. The molecule has 140 valence electrons. The summed E-state index contributed by atoms with van der Waals surface area (Å²) in [5, 5.41) is 3.43. The monoisotopic (exact) mass is 371 g/mol. The van der Waals surface area contributed by atoms with E-state index in [1.807, 2.05) is 28.8 Å². The Hall–Kier alpha value is -3.32. The van der Waals surface area contributed by atoms with Crippen LogP contribution in [0.15, 0.2) is 61.1 Å². The lowest BCUT2D eigenvalue weighted by Crippen LogP contribution is -2.50. The molecule has 1 saturated heterocycles. The molecule has 3 aromatic heterocycles. The van der Waals surface area contributed by atoms with Gasteiger partial charge in [0.2, 0.25) is 0 Å². The molecule has 5 rings (SSSR count). The van der Waals surface area contributed by atoms with Crippen molar-refractivity contribution < 1.29 is 0 Å². The van der Waals surface area contributed by atoms with Gasteiger partial charge in [0.15, 0.2) is 5.65 Å². The van der Waals surface area contributed by atoms with E-state index in [9.17, 15) is 0 Å². The van der Waals surface area contributed by atoms with Gasteiger partial charge in [0.25, 0.3) is 0 Å². The third kappa shape index (κ3) is 2.90. The molecule has 7 nitrogen and oxygen atoms in total. The van der Waals surface area contributed by atoms with Crippen molar-refractivity contribution in [3.8, 4) is 17.2 Å². The van der Waals surface area contributed by atoms with Gasteiger partial charge in [-0.05, 0) is 25.1 Å². The molecule has 1 atom stereocenters. The van der Waals surface area contributed by atoms with Crippen LogP contribution in [0.1, 0.15) is 6.92 Å². The summed E-state index contributed by atoms with van der Waals surface area (Å²) < 4.78 is 2.02. The number of fused-ring (bicyclic) bond motifs is 1. The highest BCUT2D eigenvalue weighted by Gasteiger charge is 2.22. The standard InChI is InChI=1S/C21H21N7/c1-15-13-22-11-12-27(15)19-8-7-17-21(26-19)28(18-9-10-23-14-24-18)20(25-17)16-5-3-2-4-6-16/h2-10,14-15,22H,11-13H2,1H3/t15-/m1/s1. The minimum atomic E-state index is 0.391. The van der Waals surface area contributed by atoms with Gasteiger partial charge >= 0.3 is 0 Å². The minimum Gasteiger partial charge on any atom is -0.351 e. The van der Waals surface area contributed by atoms with Crippen LogP contribution in [0.4, 0.5) is 5.82 Å². The van der Waals surface area contributed by atoms with Gasteiger partial charge < -0.3 is 10.2 Å². The highest BCUT2D eigenvalue weighted by atomic mass is 15.3. The van der Waals surface area contributed by atoms with Crippen LogP contribution in [0.3, 0.4) is 0 Å². The van der Waals surface area contributed by atoms with Crippen LogP contribution >= 0.6 is 0 Å². The molecule has 1 N–H and O–H groups in total. The number of benzene rings is 1. The summed E-state index contributed by atoms with van der Waals surface area (Å²) in [5.74, 6) is 2.55. The fourth-order valence-electron chi connectivity index (χ4n) is 3.70. The summed E-state index contributed by atoms with van der Waals surface area (Å²) in [5.41, 5.74) is 2.68. The second-order valence-electron chi connectivity index (χ2n) is 6.96. The Labute approximate surface area is 163 Å². The summed E-state index contributed by atoms with van der Waals surface area (Å²) in [6, 6.07) is 16.5. The average Bonchev–Trinajstić information content (AvgIpc) is 3.14. The number of rotatable bonds is 3. The molecular weight excluding hydrogens is 350 g/mol. The normalized spacial score (nSPS) is 17.2. The maximum atomic E-state index is 5.01. The zero-order valence-electron chi connectivity index (χ0n) is 15.7. The Balaban J connectivity index is 1.72. The molecule has 0 radical (unpaired) electrons. The zero-order valence-corrected chi connectivity index (χ0v) is 15.7. The second kappa shape index (κ2) is 7.01. The minimum absolute atomic E-state index is 0.391. The van der Waals surface area contributed by atoms with Crippen molar-refractivity contribution in [2.75, 3.05) is 24.5 Å². The number of pyridine rings is 1. The lowest BCUT2D eigenvalue weighted by Gasteiger charge is -2.34. The Morgan fingerprint density at radius 3 is 2.68 bits per heavy atom. The fraction of sp³-hybridized carbons (Fsp3) is 0.238. The number of aromatic nitrogens is 5. The molecule has 1 aromatic carbocycles. The Morgan fingerprint density at radius 1 is 1.00 bits per heavy atom. The molecule has 4 heterocycles. The molecular formula is C21H21N7. The van der Waals surface area contributed by atoms with Gasteiger partial charge in [-0.2, -0.15) is 0 Å². The number of anilines is 1. The van der Waals surface area contributed by atoms with Crippen LogP contribution in [-0.2, 0) is 0 Å². The second-order valence-corrected chi connectivity index (χ2v) is 6.96. The molecule has 0 spiro atoms. The summed E-state index contributed by atoms with van der Waals surface area (Å²) >= 11 is 0. The lowest BCUT2D eigenvalue weighted by atomic mass is 10.2. The zero-order chi connectivity index (χ0) is 18.9. The number of hydrogen-bond donors (Lipinski definition) is 1. The van der Waals surface area contributed by atoms with Crippen molar-refractivity contribution in [1.29, 1.82) is 0 Å². The summed E-state index contributed by atoms with van der Waals surface area (Å²) in [6.07, 6.45) is 3.29. The molecule has 1 fully saturated rings. The number of imidazole rings is 1. The smallest absolute Gasteiger partial charge is 0.168 e. The van der Waals surface area contributed by atoms with E-state index in [0.29, 0.717) is 6.04 Å². The predicted octanol–water partition coefficient (Wildman–Crippen LogP) is 2.68. The van der Waals surface area contributed by atoms with Gasteiger partial charge in [-0.15, -0.1) is 0 Å². The highest BCUT2D eigenvalue weighted by Crippen LogP contribution is 2.28. The van der Waals surface area contributed by atoms with Gasteiger partial charge in [0, 0.05) is 37.4 Å². The molecule has 0 aliphatic carbocycles. The van der Waals surface area contributed by atoms with Crippen LogP contribution in [0.5, 0.6) is 0 Å². The number of nitrogens with zero attached hydrogens (tertiary/aromatic N) is 6. The maximum Gasteiger partial charge on any atom is 0.168 e. The fourth-order valence-corrected chi connectivity index (χ4v) is 3.70. The number of nitrogens with one attached hydrogen (secondary N) is 1. The average molecular weight is 371 g/mol.